The number of anilines is 1. The lowest BCUT2D eigenvalue weighted by Gasteiger charge is -2.30. The smallest absolute Gasteiger partial charge is 0.233 e. The Morgan fingerprint density at radius 1 is 1.38 bits per heavy atom. The predicted molar refractivity (Wildman–Crippen MR) is 99.5 cm³/mol. The van der Waals surface area contributed by atoms with Gasteiger partial charge in [0.15, 0.2) is 6.29 Å². The van der Waals surface area contributed by atoms with Crippen molar-refractivity contribution in [3.8, 4) is 0 Å². The molecule has 3 unspecified atom stereocenters. The van der Waals surface area contributed by atoms with Crippen molar-refractivity contribution < 1.29 is 9.59 Å². The summed E-state index contributed by atoms with van der Waals surface area (Å²) in [5.41, 5.74) is 1.75. The Balaban J connectivity index is 1.81. The quantitative estimate of drug-likeness (QED) is 0.768. The third-order valence-electron chi connectivity index (χ3n) is 4.51. The van der Waals surface area contributed by atoms with E-state index in [-0.39, 0.29) is 23.8 Å². The van der Waals surface area contributed by atoms with Crippen LogP contribution in [-0.4, -0.2) is 27.6 Å². The van der Waals surface area contributed by atoms with Gasteiger partial charge in [-0.3, -0.25) is 14.9 Å². The van der Waals surface area contributed by atoms with Crippen LogP contribution in [0.3, 0.4) is 0 Å². The molecule has 7 heteroatoms. The maximum Gasteiger partial charge on any atom is 0.233 e. The summed E-state index contributed by atoms with van der Waals surface area (Å²) in [5.74, 6) is 0.193. The van der Waals surface area contributed by atoms with Gasteiger partial charge < -0.3 is 10.6 Å². The minimum absolute atomic E-state index is 0.0366. The SMILES string of the molecule is CCC(C(=O)Nc1cc(C)nn1C1NC(=O)CC(C)N1)c1ccccc1. The molecule has 3 atom stereocenters. The first kappa shape index (κ1) is 18.1. The fourth-order valence-electron chi connectivity index (χ4n) is 3.27. The molecule has 2 heterocycles. The van der Waals surface area contributed by atoms with Crippen molar-refractivity contribution in [3.63, 3.8) is 0 Å². The molecule has 1 aliphatic heterocycles. The van der Waals surface area contributed by atoms with Crippen molar-refractivity contribution in [1.29, 1.82) is 0 Å². The first-order chi connectivity index (χ1) is 12.5. The molecule has 1 saturated heterocycles. The van der Waals surface area contributed by atoms with Crippen molar-refractivity contribution in [2.24, 2.45) is 0 Å². The topological polar surface area (TPSA) is 88.1 Å². The molecule has 1 fully saturated rings. The Labute approximate surface area is 153 Å². The highest BCUT2D eigenvalue weighted by Crippen LogP contribution is 2.23. The average Bonchev–Trinajstić information content (AvgIpc) is 2.96. The molecule has 3 N–H and O–H groups in total. The molecule has 2 amide bonds. The minimum Gasteiger partial charge on any atom is -0.322 e. The van der Waals surface area contributed by atoms with Crippen LogP contribution in [0.4, 0.5) is 5.82 Å². The molecule has 0 bridgehead atoms. The van der Waals surface area contributed by atoms with E-state index in [0.29, 0.717) is 18.7 Å². The van der Waals surface area contributed by atoms with Gasteiger partial charge in [0, 0.05) is 18.5 Å². The summed E-state index contributed by atoms with van der Waals surface area (Å²) >= 11 is 0. The fraction of sp³-hybridized carbons (Fsp3) is 0.421. The van der Waals surface area contributed by atoms with Crippen molar-refractivity contribution in [2.45, 2.75) is 51.9 Å². The highest BCUT2D eigenvalue weighted by Gasteiger charge is 2.27. The van der Waals surface area contributed by atoms with Crippen molar-refractivity contribution >= 4 is 17.6 Å². The number of aromatic nitrogens is 2. The highest BCUT2D eigenvalue weighted by atomic mass is 16.2. The van der Waals surface area contributed by atoms with Crippen LogP contribution in [0.1, 0.15) is 50.2 Å². The second-order valence-corrected chi connectivity index (χ2v) is 6.72. The molecule has 2 aromatic rings. The van der Waals surface area contributed by atoms with E-state index in [1.165, 1.54) is 0 Å². The lowest BCUT2D eigenvalue weighted by atomic mass is 9.96. The number of carbonyl (C=O) groups excluding carboxylic acids is 2. The van der Waals surface area contributed by atoms with Gasteiger partial charge in [-0.1, -0.05) is 37.3 Å². The van der Waals surface area contributed by atoms with Gasteiger partial charge in [0.2, 0.25) is 11.8 Å². The molecule has 0 saturated carbocycles. The maximum absolute atomic E-state index is 12.9. The summed E-state index contributed by atoms with van der Waals surface area (Å²) in [7, 11) is 0. The van der Waals surface area contributed by atoms with Crippen LogP contribution < -0.4 is 16.0 Å². The summed E-state index contributed by atoms with van der Waals surface area (Å²) in [5, 5.41) is 13.6. The highest BCUT2D eigenvalue weighted by molar-refractivity contribution is 5.95. The molecule has 3 rings (SSSR count). The Morgan fingerprint density at radius 3 is 2.77 bits per heavy atom. The third kappa shape index (κ3) is 3.94. The number of nitrogens with zero attached hydrogens (tertiary/aromatic N) is 2. The van der Waals surface area contributed by atoms with Crippen molar-refractivity contribution in [1.82, 2.24) is 20.4 Å². The first-order valence-corrected chi connectivity index (χ1v) is 8.95. The molecule has 1 aliphatic rings. The molecule has 1 aromatic carbocycles. The Hall–Kier alpha value is -2.67. The number of hydrogen-bond acceptors (Lipinski definition) is 4. The third-order valence-corrected chi connectivity index (χ3v) is 4.51. The number of nitrogens with one attached hydrogen (secondary N) is 3. The number of hydrogen-bond donors (Lipinski definition) is 3. The summed E-state index contributed by atoms with van der Waals surface area (Å²) in [4.78, 5) is 24.7. The lowest BCUT2D eigenvalue weighted by molar-refractivity contribution is -0.125. The second-order valence-electron chi connectivity index (χ2n) is 6.72. The van der Waals surface area contributed by atoms with E-state index in [9.17, 15) is 9.59 Å². The predicted octanol–water partition coefficient (Wildman–Crippen LogP) is 2.28. The molecule has 0 spiro atoms. The Bertz CT molecular complexity index is 786. The molecule has 0 radical (unpaired) electrons. The van der Waals surface area contributed by atoms with E-state index >= 15 is 0 Å². The van der Waals surface area contributed by atoms with E-state index in [4.69, 9.17) is 0 Å². The zero-order chi connectivity index (χ0) is 18.7. The van der Waals surface area contributed by atoms with Crippen LogP contribution >= 0.6 is 0 Å². The lowest BCUT2D eigenvalue weighted by Crippen LogP contribution is -2.52. The van der Waals surface area contributed by atoms with E-state index < -0.39 is 6.29 Å². The van der Waals surface area contributed by atoms with Gasteiger partial charge in [0.05, 0.1) is 11.6 Å². The van der Waals surface area contributed by atoms with Gasteiger partial charge in [-0.2, -0.15) is 5.10 Å². The summed E-state index contributed by atoms with van der Waals surface area (Å²) in [6, 6.07) is 11.6. The van der Waals surface area contributed by atoms with Crippen molar-refractivity contribution in [3.05, 3.63) is 47.7 Å². The van der Waals surface area contributed by atoms with Gasteiger partial charge in [-0.25, -0.2) is 4.68 Å². The molecule has 138 valence electrons. The summed E-state index contributed by atoms with van der Waals surface area (Å²) in [6.07, 6.45) is 0.634. The zero-order valence-electron chi connectivity index (χ0n) is 15.3. The van der Waals surface area contributed by atoms with Crippen molar-refractivity contribution in [2.75, 3.05) is 5.32 Å². The molecular weight excluding hydrogens is 330 g/mol. The number of benzene rings is 1. The van der Waals surface area contributed by atoms with Crippen LogP contribution in [0.25, 0.3) is 0 Å². The van der Waals surface area contributed by atoms with E-state index in [0.717, 1.165) is 11.3 Å². The van der Waals surface area contributed by atoms with Crippen LogP contribution in [0.15, 0.2) is 36.4 Å². The molecule has 0 aliphatic carbocycles. The van der Waals surface area contributed by atoms with Crippen LogP contribution in [0, 0.1) is 6.92 Å². The van der Waals surface area contributed by atoms with Gasteiger partial charge in [0.25, 0.3) is 0 Å². The van der Waals surface area contributed by atoms with E-state index in [2.05, 4.69) is 21.0 Å². The molecule has 7 nitrogen and oxygen atoms in total. The van der Waals surface area contributed by atoms with Crippen LogP contribution in [0.2, 0.25) is 0 Å². The maximum atomic E-state index is 12.9. The van der Waals surface area contributed by atoms with E-state index in [1.54, 1.807) is 4.68 Å². The summed E-state index contributed by atoms with van der Waals surface area (Å²) < 4.78 is 1.62. The number of amides is 2. The minimum atomic E-state index is -0.480. The zero-order valence-corrected chi connectivity index (χ0v) is 15.3. The monoisotopic (exact) mass is 355 g/mol. The number of carbonyl (C=O) groups is 2. The average molecular weight is 355 g/mol. The van der Waals surface area contributed by atoms with Crippen LogP contribution in [0.5, 0.6) is 0 Å². The number of aryl methyl sites for hydroxylation is 1. The number of rotatable bonds is 5. The summed E-state index contributed by atoms with van der Waals surface area (Å²) in [6.45, 7) is 5.79. The molecule has 26 heavy (non-hydrogen) atoms. The fourth-order valence-corrected chi connectivity index (χ4v) is 3.27. The molecular formula is C19H25N5O2. The molecule has 1 aromatic heterocycles. The van der Waals surface area contributed by atoms with Gasteiger partial charge in [0.1, 0.15) is 5.82 Å². The Morgan fingerprint density at radius 2 is 2.12 bits per heavy atom. The largest absolute Gasteiger partial charge is 0.322 e. The normalized spacial score (nSPS) is 21.1. The first-order valence-electron chi connectivity index (χ1n) is 8.95. The van der Waals surface area contributed by atoms with Gasteiger partial charge in [-0.05, 0) is 25.8 Å². The van der Waals surface area contributed by atoms with Crippen LogP contribution in [-0.2, 0) is 9.59 Å². The van der Waals surface area contributed by atoms with Gasteiger partial charge in [-0.15, -0.1) is 0 Å². The second kappa shape index (κ2) is 7.70. The standard InChI is InChI=1S/C19H25N5O2/c1-4-15(14-8-6-5-7-9-14)18(26)21-16-10-13(3)23-24(16)19-20-12(2)11-17(25)22-19/h5-10,12,15,19-20H,4,11H2,1-3H3,(H,21,26)(H,22,25). The van der Waals surface area contributed by atoms with Gasteiger partial charge >= 0.3 is 0 Å². The Kier molecular flexibility index (Phi) is 5.37. The van der Waals surface area contributed by atoms with E-state index in [1.807, 2.05) is 57.2 Å².